The van der Waals surface area contributed by atoms with Crippen molar-refractivity contribution in [3.63, 3.8) is 0 Å². The highest BCUT2D eigenvalue weighted by molar-refractivity contribution is 6.31. The molecule has 1 N–H and O–H groups in total. The Morgan fingerprint density at radius 2 is 1.91 bits per heavy atom. The van der Waals surface area contributed by atoms with E-state index in [2.05, 4.69) is 6.92 Å². The van der Waals surface area contributed by atoms with Gasteiger partial charge in [0.25, 0.3) is 6.43 Å². The van der Waals surface area contributed by atoms with Crippen LogP contribution in [0.5, 0.6) is 0 Å². The van der Waals surface area contributed by atoms with Gasteiger partial charge in [0, 0.05) is 22.0 Å². The van der Waals surface area contributed by atoms with Crippen molar-refractivity contribution < 1.29 is 18.7 Å². The Labute approximate surface area is 203 Å². The van der Waals surface area contributed by atoms with Crippen LogP contribution in [0, 0.1) is 5.92 Å². The molecule has 2 unspecified atom stereocenters. The fraction of sp³-hybridized carbons (Fsp3) is 0.370. The van der Waals surface area contributed by atoms with Gasteiger partial charge in [0.15, 0.2) is 0 Å². The van der Waals surface area contributed by atoms with E-state index in [-0.39, 0.29) is 34.4 Å². The first-order valence-electron chi connectivity index (χ1n) is 11.2. The third-order valence-electron chi connectivity index (χ3n) is 6.30. The van der Waals surface area contributed by atoms with E-state index in [9.17, 15) is 18.7 Å². The largest absolute Gasteiger partial charge is 0.478 e. The average molecular weight is 493 g/mol. The van der Waals surface area contributed by atoms with Crippen molar-refractivity contribution in [2.45, 2.75) is 58.8 Å². The number of rotatable bonds is 7. The van der Waals surface area contributed by atoms with Gasteiger partial charge in [-0.3, -0.25) is 0 Å². The van der Waals surface area contributed by atoms with Gasteiger partial charge in [-0.2, -0.15) is 0 Å². The van der Waals surface area contributed by atoms with Gasteiger partial charge in [-0.15, -0.1) is 0 Å². The van der Waals surface area contributed by atoms with E-state index in [1.165, 1.54) is 6.07 Å². The van der Waals surface area contributed by atoms with E-state index in [0.717, 1.165) is 24.0 Å². The number of carbonyl (C=O) groups is 1. The smallest absolute Gasteiger partial charge is 0.336 e. The molecule has 0 saturated carbocycles. The summed E-state index contributed by atoms with van der Waals surface area (Å²) < 4.78 is 28.2. The standard InChI is InChI=1S/C27H28Cl2F2O2/c1-4-7-15(2)19-11-10-16(3)24-21(13-18(28)14-22(24)26(30)31)20(25(19)27(32)33)12-17-8-5-6-9-23(17)29/h5-6,8-9,11,13-16,26H,4,7,10,12H2,1-3H3,(H,32,33)/b19-11+,25-20+. The molecule has 0 bridgehead atoms. The topological polar surface area (TPSA) is 37.3 Å². The fourth-order valence-electron chi connectivity index (χ4n) is 4.76. The predicted molar refractivity (Wildman–Crippen MR) is 131 cm³/mol. The zero-order chi connectivity index (χ0) is 24.3. The van der Waals surface area contributed by atoms with Gasteiger partial charge in [0.1, 0.15) is 0 Å². The molecule has 2 nitrogen and oxygen atoms in total. The maximum absolute atomic E-state index is 14.1. The number of fused-ring (bicyclic) bond motifs is 1. The molecule has 0 fully saturated rings. The van der Waals surface area contributed by atoms with Gasteiger partial charge >= 0.3 is 5.97 Å². The van der Waals surface area contributed by atoms with Crippen LogP contribution >= 0.6 is 23.2 Å². The zero-order valence-corrected chi connectivity index (χ0v) is 20.5. The number of allylic oxidation sites excluding steroid dienone is 2. The molecule has 2 aromatic carbocycles. The van der Waals surface area contributed by atoms with Gasteiger partial charge in [0.2, 0.25) is 0 Å². The number of carboxylic acids is 1. The third-order valence-corrected chi connectivity index (χ3v) is 6.89. The highest BCUT2D eigenvalue weighted by Crippen LogP contribution is 2.44. The molecule has 1 aliphatic carbocycles. The molecule has 33 heavy (non-hydrogen) atoms. The summed E-state index contributed by atoms with van der Waals surface area (Å²) in [4.78, 5) is 12.7. The normalized spacial score (nSPS) is 21.1. The van der Waals surface area contributed by atoms with E-state index in [1.807, 2.05) is 32.1 Å². The van der Waals surface area contributed by atoms with Crippen LogP contribution in [0.3, 0.4) is 0 Å². The van der Waals surface area contributed by atoms with Crippen LogP contribution in [0.15, 0.2) is 53.6 Å². The van der Waals surface area contributed by atoms with Gasteiger partial charge in [0.05, 0.1) is 5.57 Å². The molecule has 3 rings (SSSR count). The molecular formula is C27H28Cl2F2O2. The molecular weight excluding hydrogens is 465 g/mol. The van der Waals surface area contributed by atoms with Crippen molar-refractivity contribution in [1.29, 1.82) is 0 Å². The number of aliphatic carboxylic acids is 1. The minimum Gasteiger partial charge on any atom is -0.478 e. The van der Waals surface area contributed by atoms with E-state index >= 15 is 0 Å². The lowest BCUT2D eigenvalue weighted by Gasteiger charge is -2.28. The molecule has 2 atom stereocenters. The molecule has 0 heterocycles. The molecule has 0 aliphatic heterocycles. The molecule has 0 spiro atoms. The van der Waals surface area contributed by atoms with E-state index < -0.39 is 12.4 Å². The summed E-state index contributed by atoms with van der Waals surface area (Å²) in [5, 5.41) is 11.0. The number of benzene rings is 2. The SMILES string of the molecule is CCCC(C)C1=C\CC(C)c2c(cc(Cl)cc2C(F)F)/C(Cc2ccccc2Cl)=C\1C(=O)O. The summed E-state index contributed by atoms with van der Waals surface area (Å²) in [6.07, 6.45) is 1.58. The first kappa shape index (κ1) is 25.5. The highest BCUT2D eigenvalue weighted by atomic mass is 35.5. The Hall–Kier alpha value is -2.17. The van der Waals surface area contributed by atoms with Gasteiger partial charge in [-0.1, -0.05) is 74.7 Å². The first-order valence-corrected chi connectivity index (χ1v) is 11.9. The minimum atomic E-state index is -2.73. The maximum Gasteiger partial charge on any atom is 0.336 e. The number of halogens is 4. The lowest BCUT2D eigenvalue weighted by Crippen LogP contribution is -2.18. The van der Waals surface area contributed by atoms with Crippen molar-refractivity contribution in [3.05, 3.63) is 85.9 Å². The van der Waals surface area contributed by atoms with Crippen LogP contribution in [0.1, 0.15) is 74.6 Å². The summed E-state index contributed by atoms with van der Waals surface area (Å²) in [5.41, 5.74) is 2.87. The lowest BCUT2D eigenvalue weighted by atomic mass is 9.76. The van der Waals surface area contributed by atoms with Gasteiger partial charge in [-0.05, 0) is 70.7 Å². The number of hydrogen-bond donors (Lipinski definition) is 1. The molecule has 2 aromatic rings. The Morgan fingerprint density at radius 3 is 2.52 bits per heavy atom. The van der Waals surface area contributed by atoms with Crippen molar-refractivity contribution in [2.24, 2.45) is 5.92 Å². The summed E-state index contributed by atoms with van der Waals surface area (Å²) >= 11 is 12.7. The van der Waals surface area contributed by atoms with Crippen LogP contribution in [0.4, 0.5) is 8.78 Å². The Morgan fingerprint density at radius 1 is 1.21 bits per heavy atom. The number of alkyl halides is 2. The van der Waals surface area contributed by atoms with Gasteiger partial charge in [-0.25, -0.2) is 13.6 Å². The fourth-order valence-corrected chi connectivity index (χ4v) is 5.19. The van der Waals surface area contributed by atoms with Gasteiger partial charge < -0.3 is 5.11 Å². The van der Waals surface area contributed by atoms with Crippen LogP contribution in [-0.4, -0.2) is 11.1 Å². The molecule has 0 saturated heterocycles. The molecule has 0 radical (unpaired) electrons. The third kappa shape index (κ3) is 5.50. The minimum absolute atomic E-state index is 0.00449. The Kier molecular flexibility index (Phi) is 8.36. The lowest BCUT2D eigenvalue weighted by molar-refractivity contribution is -0.132. The average Bonchev–Trinajstić information content (AvgIpc) is 2.74. The van der Waals surface area contributed by atoms with Crippen molar-refractivity contribution in [2.75, 3.05) is 0 Å². The quantitative estimate of drug-likeness (QED) is 0.418. The summed E-state index contributed by atoms with van der Waals surface area (Å²) in [7, 11) is 0. The van der Waals surface area contributed by atoms with Crippen LogP contribution in [0.25, 0.3) is 5.57 Å². The van der Waals surface area contributed by atoms with E-state index in [1.54, 1.807) is 18.2 Å². The summed E-state index contributed by atoms with van der Waals surface area (Å²) in [5.74, 6) is -1.31. The van der Waals surface area contributed by atoms with Crippen LogP contribution in [0.2, 0.25) is 10.0 Å². The van der Waals surface area contributed by atoms with Crippen LogP contribution < -0.4 is 0 Å². The monoisotopic (exact) mass is 492 g/mol. The second-order valence-electron chi connectivity index (χ2n) is 8.67. The predicted octanol–water partition coefficient (Wildman–Crippen LogP) is 8.88. The summed E-state index contributed by atoms with van der Waals surface area (Å²) in [6, 6.07) is 10.1. The van der Waals surface area contributed by atoms with Crippen molar-refractivity contribution in [3.8, 4) is 0 Å². The zero-order valence-electron chi connectivity index (χ0n) is 19.0. The molecule has 0 amide bonds. The molecule has 176 valence electrons. The van der Waals surface area contributed by atoms with E-state index in [4.69, 9.17) is 23.2 Å². The van der Waals surface area contributed by atoms with Crippen LogP contribution in [-0.2, 0) is 11.2 Å². The first-order chi connectivity index (χ1) is 15.6. The molecule has 0 aromatic heterocycles. The summed E-state index contributed by atoms with van der Waals surface area (Å²) in [6.45, 7) is 5.97. The van der Waals surface area contributed by atoms with Crippen molar-refractivity contribution >= 4 is 34.7 Å². The highest BCUT2D eigenvalue weighted by Gasteiger charge is 2.31. The van der Waals surface area contributed by atoms with E-state index in [0.29, 0.717) is 28.1 Å². The molecule has 1 aliphatic rings. The molecule has 6 heteroatoms. The van der Waals surface area contributed by atoms with Crippen molar-refractivity contribution in [1.82, 2.24) is 0 Å². The number of carboxylic acid groups (broad SMARTS) is 1. The Bertz CT molecular complexity index is 1110. The second-order valence-corrected chi connectivity index (χ2v) is 9.51. The number of hydrogen-bond acceptors (Lipinski definition) is 1. The maximum atomic E-state index is 14.1. The Balaban J connectivity index is 2.42. The second kappa shape index (κ2) is 10.8.